The molecular formula is C17H25NO3. The van der Waals surface area contributed by atoms with E-state index in [0.29, 0.717) is 13.2 Å². The smallest absolute Gasteiger partial charge is 0.0948 e. The Morgan fingerprint density at radius 3 is 2.95 bits per heavy atom. The summed E-state index contributed by atoms with van der Waals surface area (Å²) in [5.74, 6) is 0. The van der Waals surface area contributed by atoms with Gasteiger partial charge in [-0.3, -0.25) is 0 Å². The van der Waals surface area contributed by atoms with Gasteiger partial charge in [-0.1, -0.05) is 18.2 Å². The van der Waals surface area contributed by atoms with Gasteiger partial charge in [0.05, 0.1) is 18.8 Å². The van der Waals surface area contributed by atoms with Gasteiger partial charge in [0.25, 0.3) is 0 Å². The van der Waals surface area contributed by atoms with E-state index in [1.165, 1.54) is 11.3 Å². The van der Waals surface area contributed by atoms with Gasteiger partial charge < -0.3 is 19.5 Å². The van der Waals surface area contributed by atoms with Crippen LogP contribution in [0.1, 0.15) is 24.8 Å². The Morgan fingerprint density at radius 1 is 1.29 bits per heavy atom. The molecule has 21 heavy (non-hydrogen) atoms. The summed E-state index contributed by atoms with van der Waals surface area (Å²) in [5.41, 5.74) is 2.66. The molecule has 2 aliphatic rings. The van der Waals surface area contributed by atoms with Crippen molar-refractivity contribution in [2.24, 2.45) is 0 Å². The fourth-order valence-corrected chi connectivity index (χ4v) is 3.20. The summed E-state index contributed by atoms with van der Waals surface area (Å²) < 4.78 is 11.1. The summed E-state index contributed by atoms with van der Waals surface area (Å²) in [5, 5.41) is 10.3. The number of β-amino-alcohol motifs (C(OH)–C–C–N with tert-alkyl or cyclic N) is 1. The maximum absolute atomic E-state index is 10.3. The zero-order valence-electron chi connectivity index (χ0n) is 12.5. The van der Waals surface area contributed by atoms with E-state index in [1.807, 2.05) is 0 Å². The molecule has 0 aliphatic carbocycles. The van der Waals surface area contributed by atoms with Gasteiger partial charge in [0.2, 0.25) is 0 Å². The maximum atomic E-state index is 10.3. The number of ether oxygens (including phenoxy) is 2. The Kier molecular flexibility index (Phi) is 5.12. The molecule has 0 aromatic heterocycles. The SMILES string of the molecule is OC(COC1CCOCC1)CN1CCCc2ccccc21. The van der Waals surface area contributed by atoms with Gasteiger partial charge in [0, 0.05) is 32.0 Å². The van der Waals surface area contributed by atoms with Gasteiger partial charge >= 0.3 is 0 Å². The van der Waals surface area contributed by atoms with E-state index in [0.717, 1.165) is 45.4 Å². The van der Waals surface area contributed by atoms with Gasteiger partial charge in [0.1, 0.15) is 0 Å². The van der Waals surface area contributed by atoms with Crippen LogP contribution in [0, 0.1) is 0 Å². The summed E-state index contributed by atoms with van der Waals surface area (Å²) in [7, 11) is 0. The summed E-state index contributed by atoms with van der Waals surface area (Å²) >= 11 is 0. The van der Waals surface area contributed by atoms with Crippen molar-refractivity contribution in [2.75, 3.05) is 37.8 Å². The maximum Gasteiger partial charge on any atom is 0.0948 e. The van der Waals surface area contributed by atoms with Crippen LogP contribution in [0.15, 0.2) is 24.3 Å². The molecular weight excluding hydrogens is 266 g/mol. The second-order valence-corrected chi connectivity index (χ2v) is 5.98. The lowest BCUT2D eigenvalue weighted by Gasteiger charge is -2.33. The molecule has 3 rings (SSSR count). The monoisotopic (exact) mass is 291 g/mol. The van der Waals surface area contributed by atoms with Crippen molar-refractivity contribution in [3.63, 3.8) is 0 Å². The summed E-state index contributed by atoms with van der Waals surface area (Å²) in [4.78, 5) is 2.29. The lowest BCUT2D eigenvalue weighted by molar-refractivity contribution is -0.0575. The van der Waals surface area contributed by atoms with Crippen LogP contribution in [0.25, 0.3) is 0 Å². The topological polar surface area (TPSA) is 41.9 Å². The van der Waals surface area contributed by atoms with Crippen molar-refractivity contribution in [2.45, 2.75) is 37.9 Å². The van der Waals surface area contributed by atoms with Crippen LogP contribution in [0.4, 0.5) is 5.69 Å². The highest BCUT2D eigenvalue weighted by Gasteiger charge is 2.20. The molecule has 4 heteroatoms. The number of anilines is 1. The van der Waals surface area contributed by atoms with E-state index in [4.69, 9.17) is 9.47 Å². The standard InChI is InChI=1S/C17H25NO3/c19-15(13-21-16-7-10-20-11-8-16)12-18-9-3-5-14-4-1-2-6-17(14)18/h1-2,4,6,15-16,19H,3,5,7-13H2. The number of aliphatic hydroxyl groups excluding tert-OH is 1. The molecule has 4 nitrogen and oxygen atoms in total. The van der Waals surface area contributed by atoms with E-state index in [-0.39, 0.29) is 6.10 Å². The van der Waals surface area contributed by atoms with E-state index >= 15 is 0 Å². The number of benzene rings is 1. The lowest BCUT2D eigenvalue weighted by atomic mass is 10.0. The number of rotatable bonds is 5. The van der Waals surface area contributed by atoms with Crippen molar-refractivity contribution in [3.05, 3.63) is 29.8 Å². The van der Waals surface area contributed by atoms with E-state index in [1.54, 1.807) is 0 Å². The third-order valence-corrected chi connectivity index (χ3v) is 4.33. The van der Waals surface area contributed by atoms with Crippen LogP contribution < -0.4 is 4.90 Å². The summed E-state index contributed by atoms with van der Waals surface area (Å²) in [6.07, 6.45) is 4.01. The van der Waals surface area contributed by atoms with Gasteiger partial charge in [-0.15, -0.1) is 0 Å². The summed E-state index contributed by atoms with van der Waals surface area (Å²) in [6, 6.07) is 8.50. The fraction of sp³-hybridized carbons (Fsp3) is 0.647. The summed E-state index contributed by atoms with van der Waals surface area (Å²) in [6.45, 7) is 3.65. The van der Waals surface area contributed by atoms with Crippen molar-refractivity contribution >= 4 is 5.69 Å². The third kappa shape index (κ3) is 3.96. The second-order valence-electron chi connectivity index (χ2n) is 5.98. The highest BCUT2D eigenvalue weighted by atomic mass is 16.5. The Bertz CT molecular complexity index is 445. The molecule has 1 N–H and O–H groups in total. The molecule has 1 aromatic carbocycles. The highest BCUT2D eigenvalue weighted by molar-refractivity contribution is 5.55. The molecule has 2 aliphatic heterocycles. The van der Waals surface area contributed by atoms with Crippen molar-refractivity contribution in [3.8, 4) is 0 Å². The van der Waals surface area contributed by atoms with Crippen molar-refractivity contribution < 1.29 is 14.6 Å². The number of hydrogen-bond acceptors (Lipinski definition) is 4. The molecule has 1 unspecified atom stereocenters. The first-order valence-corrected chi connectivity index (χ1v) is 8.03. The Morgan fingerprint density at radius 2 is 2.10 bits per heavy atom. The Balaban J connectivity index is 1.49. The molecule has 1 fully saturated rings. The molecule has 1 atom stereocenters. The fourth-order valence-electron chi connectivity index (χ4n) is 3.20. The van der Waals surface area contributed by atoms with Crippen LogP contribution in [0.5, 0.6) is 0 Å². The molecule has 0 amide bonds. The van der Waals surface area contributed by atoms with Gasteiger partial charge in [-0.25, -0.2) is 0 Å². The molecule has 0 saturated carbocycles. The zero-order chi connectivity index (χ0) is 14.5. The molecule has 2 heterocycles. The van der Waals surface area contributed by atoms with Gasteiger partial charge in [-0.2, -0.15) is 0 Å². The predicted molar refractivity (Wildman–Crippen MR) is 82.8 cm³/mol. The average Bonchev–Trinajstić information content (AvgIpc) is 2.54. The first-order chi connectivity index (χ1) is 10.3. The molecule has 0 radical (unpaired) electrons. The van der Waals surface area contributed by atoms with E-state index < -0.39 is 6.10 Å². The van der Waals surface area contributed by atoms with Crippen molar-refractivity contribution in [1.82, 2.24) is 0 Å². The van der Waals surface area contributed by atoms with Crippen LogP contribution in [0.2, 0.25) is 0 Å². The van der Waals surface area contributed by atoms with Crippen LogP contribution in [0.3, 0.4) is 0 Å². The predicted octanol–water partition coefficient (Wildman–Crippen LogP) is 2.00. The number of hydrogen-bond donors (Lipinski definition) is 1. The quantitative estimate of drug-likeness (QED) is 0.901. The van der Waals surface area contributed by atoms with E-state index in [9.17, 15) is 5.11 Å². The van der Waals surface area contributed by atoms with Gasteiger partial charge in [-0.05, 0) is 37.3 Å². The molecule has 116 valence electrons. The second kappa shape index (κ2) is 7.25. The minimum absolute atomic E-state index is 0.252. The molecule has 0 spiro atoms. The minimum atomic E-state index is -0.431. The first kappa shape index (κ1) is 14.8. The number of fused-ring (bicyclic) bond motifs is 1. The highest BCUT2D eigenvalue weighted by Crippen LogP contribution is 2.26. The van der Waals surface area contributed by atoms with Crippen LogP contribution in [-0.4, -0.2) is 50.2 Å². The molecule has 1 aromatic rings. The molecule has 1 saturated heterocycles. The Hall–Kier alpha value is -1.10. The number of para-hydroxylation sites is 1. The van der Waals surface area contributed by atoms with Crippen molar-refractivity contribution in [1.29, 1.82) is 0 Å². The third-order valence-electron chi connectivity index (χ3n) is 4.33. The Labute approximate surface area is 126 Å². The van der Waals surface area contributed by atoms with Crippen LogP contribution in [-0.2, 0) is 15.9 Å². The average molecular weight is 291 g/mol. The normalized spacial score (nSPS) is 21.1. The minimum Gasteiger partial charge on any atom is -0.389 e. The van der Waals surface area contributed by atoms with E-state index in [2.05, 4.69) is 29.2 Å². The number of aliphatic hydroxyl groups is 1. The number of aryl methyl sites for hydroxylation is 1. The van der Waals surface area contributed by atoms with Gasteiger partial charge in [0.15, 0.2) is 0 Å². The number of nitrogens with zero attached hydrogens (tertiary/aromatic N) is 1. The lowest BCUT2D eigenvalue weighted by Crippen LogP contribution is -2.39. The van der Waals surface area contributed by atoms with Crippen LogP contribution >= 0.6 is 0 Å². The largest absolute Gasteiger partial charge is 0.389 e. The first-order valence-electron chi connectivity index (χ1n) is 8.03. The molecule has 0 bridgehead atoms. The zero-order valence-corrected chi connectivity index (χ0v) is 12.5.